The molecule has 0 amide bonds. The van der Waals surface area contributed by atoms with E-state index in [1.54, 1.807) is 42.6 Å². The summed E-state index contributed by atoms with van der Waals surface area (Å²) in [5.41, 5.74) is 19.0. The number of carbonyl (C=O) groups excluding carboxylic acids is 1. The highest BCUT2D eigenvalue weighted by atomic mass is 16.5. The number of aliphatic imine (C=N–C) groups is 1. The van der Waals surface area contributed by atoms with E-state index in [1.807, 2.05) is 49.4 Å². The van der Waals surface area contributed by atoms with E-state index in [-0.39, 0.29) is 42.2 Å². The summed E-state index contributed by atoms with van der Waals surface area (Å²) < 4.78 is 6.06. The molecule has 0 radical (unpaired) electrons. The second-order valence-corrected chi connectivity index (χ2v) is 15.9. The van der Waals surface area contributed by atoms with Gasteiger partial charge in [0.05, 0.1) is 31.0 Å². The molecule has 4 aromatic rings. The van der Waals surface area contributed by atoms with Gasteiger partial charge < -0.3 is 36.6 Å². The third-order valence-electron chi connectivity index (χ3n) is 11.2. The Bertz CT molecular complexity index is 2300. The molecule has 0 aromatic heterocycles. The van der Waals surface area contributed by atoms with Crippen LogP contribution in [-0.4, -0.2) is 39.5 Å². The summed E-state index contributed by atoms with van der Waals surface area (Å²) in [6.45, 7) is 2.08. The fourth-order valence-electron chi connectivity index (χ4n) is 7.98. The summed E-state index contributed by atoms with van der Waals surface area (Å²) in [6.07, 6.45) is 13.2. The Labute approximate surface area is 353 Å². The largest absolute Gasteiger partial charge is 0.875 e. The number of ether oxygens (including phenoxy) is 1. The zero-order valence-corrected chi connectivity index (χ0v) is 34.4. The third-order valence-corrected chi connectivity index (χ3v) is 11.2. The van der Waals surface area contributed by atoms with E-state index >= 15 is 0 Å². The number of nitrogens with two attached hydrogens (primary N) is 2. The van der Waals surface area contributed by atoms with Crippen LogP contribution in [0.25, 0.3) is 0 Å². The molecule has 0 spiro atoms. The van der Waals surface area contributed by atoms with Gasteiger partial charge in [0.2, 0.25) is 0 Å². The average Bonchev–Trinajstić information content (AvgIpc) is 3.71. The summed E-state index contributed by atoms with van der Waals surface area (Å²) in [7, 11) is 0. The number of benzene rings is 4. The summed E-state index contributed by atoms with van der Waals surface area (Å²) in [5.74, 6) is 6.66. The van der Waals surface area contributed by atoms with E-state index in [1.165, 1.54) is 5.56 Å². The number of aliphatic hydroxyl groups is 1. The minimum absolute atomic E-state index is 0.00435. The first-order valence-corrected chi connectivity index (χ1v) is 21.0. The van der Waals surface area contributed by atoms with Crippen LogP contribution in [0.15, 0.2) is 126 Å². The highest BCUT2D eigenvalue weighted by molar-refractivity contribution is 6.06. The number of hydrogen-bond acceptors (Lipinski definition) is 9. The van der Waals surface area contributed by atoms with Crippen LogP contribution in [0.2, 0.25) is 0 Å². The fraction of sp³-hybridized carbons (Fsp3) is 0.333. The van der Waals surface area contributed by atoms with Crippen LogP contribution in [0.3, 0.4) is 0 Å². The zero-order chi connectivity index (χ0) is 42.4. The van der Waals surface area contributed by atoms with Gasteiger partial charge in [-0.2, -0.15) is 0 Å². The number of phenols is 2. The SMILES string of the molecule is CC(O)CC(CCCC=CC(=O)CCc1ccc(O)c(OCCc2ccc(O)c(C3CC([O-])=C4C=CN=C4CC#Cc4cc(C(N)N)ccc43)c2)c1)CCc1ccccc1. The van der Waals surface area contributed by atoms with Crippen molar-refractivity contribution in [2.24, 2.45) is 22.4 Å². The highest BCUT2D eigenvalue weighted by Crippen LogP contribution is 2.39. The smallest absolute Gasteiger partial charge is 0.161 e. The number of carbonyl (C=O) groups is 1. The molecule has 0 fully saturated rings. The minimum Gasteiger partial charge on any atom is -0.875 e. The Morgan fingerprint density at radius 3 is 2.50 bits per heavy atom. The van der Waals surface area contributed by atoms with Gasteiger partial charge in [-0.1, -0.05) is 85.0 Å². The van der Waals surface area contributed by atoms with Gasteiger partial charge >= 0.3 is 0 Å². The Morgan fingerprint density at radius 2 is 1.72 bits per heavy atom. The summed E-state index contributed by atoms with van der Waals surface area (Å²) in [5, 5.41) is 45.6. The van der Waals surface area contributed by atoms with Crippen LogP contribution in [0, 0.1) is 17.8 Å². The average molecular weight is 807 g/mol. The lowest BCUT2D eigenvalue weighted by Crippen LogP contribution is -2.21. The number of aliphatic hydroxyl groups excluding tert-OH is 1. The highest BCUT2D eigenvalue weighted by Gasteiger charge is 2.24. The van der Waals surface area contributed by atoms with E-state index in [2.05, 4.69) is 41.1 Å². The number of hydrogen-bond donors (Lipinski definition) is 5. The van der Waals surface area contributed by atoms with Crippen LogP contribution in [0.4, 0.5) is 0 Å². The number of ketones is 1. The number of unbranched alkanes of at least 4 members (excludes halogenated alkanes) is 1. The Balaban J connectivity index is 1.04. The third kappa shape index (κ3) is 12.3. The predicted octanol–water partition coefficient (Wildman–Crippen LogP) is 7.74. The van der Waals surface area contributed by atoms with Gasteiger partial charge in [-0.25, -0.2) is 0 Å². The molecule has 60 heavy (non-hydrogen) atoms. The Hall–Kier alpha value is -5.92. The lowest BCUT2D eigenvalue weighted by molar-refractivity contribution is -0.307. The molecule has 4 aromatic carbocycles. The lowest BCUT2D eigenvalue weighted by atomic mass is 9.82. The number of aryl methyl sites for hydroxylation is 2. The normalized spacial score (nSPS) is 15.9. The molecular formula is C51H56N3O6-. The van der Waals surface area contributed by atoms with Gasteiger partial charge in [0.1, 0.15) is 5.75 Å². The van der Waals surface area contributed by atoms with Gasteiger partial charge in [-0.15, -0.1) is 5.76 Å². The van der Waals surface area contributed by atoms with Crippen LogP contribution in [0.1, 0.15) is 109 Å². The van der Waals surface area contributed by atoms with Crippen molar-refractivity contribution in [2.75, 3.05) is 6.61 Å². The van der Waals surface area contributed by atoms with Crippen molar-refractivity contribution in [2.45, 2.75) is 95.7 Å². The van der Waals surface area contributed by atoms with Gasteiger partial charge in [-0.05, 0) is 128 Å². The molecule has 7 N–H and O–H groups in total. The molecule has 1 aliphatic heterocycles. The molecule has 0 saturated carbocycles. The van der Waals surface area contributed by atoms with Crippen molar-refractivity contribution < 1.29 is 30.0 Å². The van der Waals surface area contributed by atoms with Crippen molar-refractivity contribution in [1.29, 1.82) is 0 Å². The fourth-order valence-corrected chi connectivity index (χ4v) is 7.98. The number of nitrogens with zero attached hydrogens (tertiary/aromatic N) is 1. The maximum Gasteiger partial charge on any atom is 0.161 e. The maximum absolute atomic E-state index is 13.7. The van der Waals surface area contributed by atoms with Crippen molar-refractivity contribution >= 4 is 11.5 Å². The van der Waals surface area contributed by atoms with Gasteiger partial charge in [0, 0.05) is 36.1 Å². The number of allylic oxidation sites excluding steroid dienone is 5. The molecule has 9 heteroatoms. The molecule has 6 rings (SSSR count). The molecular weight excluding hydrogens is 751 g/mol. The second-order valence-electron chi connectivity index (χ2n) is 15.9. The van der Waals surface area contributed by atoms with Crippen LogP contribution in [-0.2, 0) is 24.1 Å². The number of phenolic OH excluding ortho intramolecular Hbond substituents is 2. The van der Waals surface area contributed by atoms with Gasteiger partial charge in [-0.3, -0.25) is 9.79 Å². The molecule has 3 unspecified atom stereocenters. The molecule has 3 atom stereocenters. The number of fused-ring (bicyclic) bond motifs is 2. The molecule has 312 valence electrons. The van der Waals surface area contributed by atoms with Gasteiger partial charge in [0.15, 0.2) is 17.3 Å². The summed E-state index contributed by atoms with van der Waals surface area (Å²) in [6, 6.07) is 26.5. The standard InChI is InChI=1S/C51H57N3O6/c1-34(55)29-36(16-15-35-9-4-2-5-10-35)11-6-3-7-13-41(56)21-17-37-19-24-48(58)50(31-37)60-28-26-38-18-23-47(57)45(30-38)44-33-49(59)43-25-27-54-46(43)14-8-12-39-32-40(51(52)53)20-22-42(39)44/h2,4-5,7,9-10,13,18-20,22-25,27,30-32,34,36,44,51,55,57-59H,3,6,11,14-17,21,26,28-29,33,52-53H2,1H3/p-1. The topological polar surface area (TPSA) is 174 Å². The van der Waals surface area contributed by atoms with Crippen LogP contribution >= 0.6 is 0 Å². The monoisotopic (exact) mass is 806 g/mol. The summed E-state index contributed by atoms with van der Waals surface area (Å²) in [4.78, 5) is 17.1. The van der Waals surface area contributed by atoms with Crippen LogP contribution < -0.4 is 21.3 Å². The molecule has 1 heterocycles. The minimum atomic E-state index is -0.699. The van der Waals surface area contributed by atoms with Crippen molar-refractivity contribution in [1.82, 2.24) is 0 Å². The molecule has 1 aliphatic carbocycles. The second kappa shape index (κ2) is 21.4. The first-order valence-electron chi connectivity index (χ1n) is 21.0. The zero-order valence-electron chi connectivity index (χ0n) is 34.4. The quantitative estimate of drug-likeness (QED) is 0.0277. The van der Waals surface area contributed by atoms with E-state index < -0.39 is 12.1 Å². The van der Waals surface area contributed by atoms with Crippen molar-refractivity contribution in [3.05, 3.63) is 160 Å². The van der Waals surface area contributed by atoms with E-state index in [0.29, 0.717) is 65.3 Å². The molecule has 2 aliphatic rings. The Kier molecular flexibility index (Phi) is 15.5. The molecule has 9 nitrogen and oxygen atoms in total. The van der Waals surface area contributed by atoms with Gasteiger partial charge in [0.25, 0.3) is 0 Å². The van der Waals surface area contributed by atoms with E-state index in [0.717, 1.165) is 55.2 Å². The predicted molar refractivity (Wildman–Crippen MR) is 235 cm³/mol. The maximum atomic E-state index is 13.7. The molecule has 0 bridgehead atoms. The van der Waals surface area contributed by atoms with E-state index in [9.17, 15) is 25.2 Å². The first kappa shape index (κ1) is 43.7. The summed E-state index contributed by atoms with van der Waals surface area (Å²) >= 11 is 0. The van der Waals surface area contributed by atoms with Crippen LogP contribution in [0.5, 0.6) is 17.2 Å². The number of rotatable bonds is 19. The van der Waals surface area contributed by atoms with Crippen molar-refractivity contribution in [3.63, 3.8) is 0 Å². The first-order chi connectivity index (χ1) is 29.0. The number of aromatic hydroxyl groups is 2. The van der Waals surface area contributed by atoms with Crippen molar-refractivity contribution in [3.8, 4) is 29.1 Å². The van der Waals surface area contributed by atoms with E-state index in [4.69, 9.17) is 16.2 Å². The lowest BCUT2D eigenvalue weighted by Gasteiger charge is -2.27. The molecule has 0 saturated heterocycles. The Morgan fingerprint density at radius 1 is 0.933 bits per heavy atom.